The van der Waals surface area contributed by atoms with E-state index in [4.69, 9.17) is 0 Å². The second-order valence-corrected chi connectivity index (χ2v) is 8.15. The van der Waals surface area contributed by atoms with E-state index in [1.807, 2.05) is 12.1 Å². The van der Waals surface area contributed by atoms with Crippen molar-refractivity contribution in [2.24, 2.45) is 5.92 Å². The number of rotatable bonds is 5. The van der Waals surface area contributed by atoms with Gasteiger partial charge in [0.2, 0.25) is 10.0 Å². The third-order valence-corrected chi connectivity index (χ3v) is 5.70. The van der Waals surface area contributed by atoms with E-state index in [1.165, 1.54) is 18.4 Å². The molecular formula is C16H25FN2O2S. The van der Waals surface area contributed by atoms with E-state index in [0.717, 1.165) is 18.4 Å². The minimum absolute atomic E-state index is 0.165. The van der Waals surface area contributed by atoms with Gasteiger partial charge in [-0.3, -0.25) is 0 Å². The third-order valence-electron chi connectivity index (χ3n) is 4.43. The van der Waals surface area contributed by atoms with Gasteiger partial charge in [0, 0.05) is 25.2 Å². The van der Waals surface area contributed by atoms with Gasteiger partial charge in [-0.05, 0) is 36.5 Å². The lowest BCUT2D eigenvalue weighted by molar-refractivity contribution is 0.206. The predicted molar refractivity (Wildman–Crippen MR) is 86.6 cm³/mol. The number of nitrogens with one attached hydrogen (secondary N) is 1. The average molecular weight is 328 g/mol. The number of hydrogen-bond acceptors (Lipinski definition) is 3. The summed E-state index contributed by atoms with van der Waals surface area (Å²) in [7, 11) is -3.11. The molecule has 0 spiro atoms. The number of nitrogens with zero attached hydrogens (tertiary/aromatic N) is 1. The van der Waals surface area contributed by atoms with E-state index in [-0.39, 0.29) is 23.8 Å². The Bertz CT molecular complexity index is 589. The van der Waals surface area contributed by atoms with Crippen LogP contribution in [0.1, 0.15) is 38.3 Å². The maximum atomic E-state index is 13.0. The van der Waals surface area contributed by atoms with E-state index < -0.39 is 10.0 Å². The van der Waals surface area contributed by atoms with Crippen molar-refractivity contribution in [1.29, 1.82) is 0 Å². The summed E-state index contributed by atoms with van der Waals surface area (Å²) in [4.78, 5) is 0. The van der Waals surface area contributed by atoms with Crippen molar-refractivity contribution >= 4 is 10.0 Å². The van der Waals surface area contributed by atoms with Crippen molar-refractivity contribution in [1.82, 2.24) is 9.62 Å². The topological polar surface area (TPSA) is 49.4 Å². The molecule has 1 aromatic rings. The third kappa shape index (κ3) is 4.27. The van der Waals surface area contributed by atoms with Gasteiger partial charge in [0.25, 0.3) is 0 Å². The average Bonchev–Trinajstić information content (AvgIpc) is 2.46. The molecule has 124 valence electrons. The summed E-state index contributed by atoms with van der Waals surface area (Å²) in [5.74, 6) is 0.0198. The van der Waals surface area contributed by atoms with Gasteiger partial charge in [-0.25, -0.2) is 17.1 Å². The molecule has 0 radical (unpaired) electrons. The van der Waals surface area contributed by atoms with Gasteiger partial charge in [0.1, 0.15) is 5.82 Å². The first-order valence-electron chi connectivity index (χ1n) is 7.78. The first-order chi connectivity index (χ1) is 10.3. The van der Waals surface area contributed by atoms with Gasteiger partial charge in [-0.15, -0.1) is 0 Å². The molecule has 1 N–H and O–H groups in total. The van der Waals surface area contributed by atoms with Gasteiger partial charge in [0.05, 0.1) is 6.26 Å². The number of sulfonamides is 1. The molecule has 1 saturated heterocycles. The fourth-order valence-corrected chi connectivity index (χ4v) is 4.00. The molecule has 2 rings (SSSR count). The molecule has 0 unspecified atom stereocenters. The highest BCUT2D eigenvalue weighted by Gasteiger charge is 2.31. The second kappa shape index (κ2) is 7.06. The Labute approximate surface area is 132 Å². The van der Waals surface area contributed by atoms with Crippen LogP contribution in [0.2, 0.25) is 0 Å². The molecule has 3 atom stereocenters. The molecule has 0 aromatic heterocycles. The largest absolute Gasteiger partial charge is 0.307 e. The predicted octanol–water partition coefficient (Wildman–Crippen LogP) is 2.54. The second-order valence-electron chi connectivity index (χ2n) is 6.17. The summed E-state index contributed by atoms with van der Waals surface area (Å²) in [5, 5.41) is 3.62. The van der Waals surface area contributed by atoms with Crippen LogP contribution in [0, 0.1) is 11.7 Å². The molecule has 0 saturated carbocycles. The van der Waals surface area contributed by atoms with Gasteiger partial charge in [0.15, 0.2) is 0 Å². The van der Waals surface area contributed by atoms with Crippen LogP contribution in [0.5, 0.6) is 0 Å². The Balaban J connectivity index is 2.02. The standard InChI is InChI=1S/C16H25FN2O2S/c1-4-15(13-5-7-14(17)8-6-13)18-16-9-10-19(11-12(16)2)22(3,20)21/h5-8,12,15-16,18H,4,9-11H2,1-3H3/t12-,15+,16-/m1/s1. The van der Waals surface area contributed by atoms with Crippen LogP contribution in [0.15, 0.2) is 24.3 Å². The Morgan fingerprint density at radius 3 is 2.50 bits per heavy atom. The monoisotopic (exact) mass is 328 g/mol. The zero-order valence-corrected chi connectivity index (χ0v) is 14.2. The lowest BCUT2D eigenvalue weighted by Gasteiger charge is -2.38. The first kappa shape index (κ1) is 17.4. The van der Waals surface area contributed by atoms with Crippen LogP contribution >= 0.6 is 0 Å². The van der Waals surface area contributed by atoms with Gasteiger partial charge < -0.3 is 5.32 Å². The van der Waals surface area contributed by atoms with Crippen LogP contribution in [-0.4, -0.2) is 38.1 Å². The summed E-state index contributed by atoms with van der Waals surface area (Å²) in [6.07, 6.45) is 2.97. The summed E-state index contributed by atoms with van der Waals surface area (Å²) < 4.78 is 37.9. The SMILES string of the molecule is CC[C@H](N[C@@H]1CCN(S(C)(=O)=O)C[C@H]1C)c1ccc(F)cc1. The van der Waals surface area contributed by atoms with Crippen molar-refractivity contribution in [2.45, 2.75) is 38.8 Å². The zero-order chi connectivity index (χ0) is 16.3. The lowest BCUT2D eigenvalue weighted by Crippen LogP contribution is -2.50. The van der Waals surface area contributed by atoms with Crippen LogP contribution < -0.4 is 5.32 Å². The fourth-order valence-electron chi connectivity index (χ4n) is 3.06. The fraction of sp³-hybridized carbons (Fsp3) is 0.625. The number of hydrogen-bond donors (Lipinski definition) is 1. The smallest absolute Gasteiger partial charge is 0.211 e. The molecule has 0 aliphatic carbocycles. The maximum Gasteiger partial charge on any atom is 0.211 e. The summed E-state index contributed by atoms with van der Waals surface area (Å²) >= 11 is 0. The van der Waals surface area contributed by atoms with E-state index in [1.54, 1.807) is 4.31 Å². The highest BCUT2D eigenvalue weighted by molar-refractivity contribution is 7.88. The molecule has 1 aliphatic heterocycles. The van der Waals surface area contributed by atoms with Gasteiger partial charge in [-0.2, -0.15) is 0 Å². The van der Waals surface area contributed by atoms with Crippen LogP contribution in [-0.2, 0) is 10.0 Å². The molecule has 6 heteroatoms. The summed E-state index contributed by atoms with van der Waals surface area (Å²) in [6.45, 7) is 5.28. The summed E-state index contributed by atoms with van der Waals surface area (Å²) in [6, 6.07) is 7.02. The summed E-state index contributed by atoms with van der Waals surface area (Å²) in [5.41, 5.74) is 1.07. The molecule has 1 aromatic carbocycles. The van der Waals surface area contributed by atoms with Gasteiger partial charge in [-0.1, -0.05) is 26.0 Å². The van der Waals surface area contributed by atoms with Crippen molar-refractivity contribution in [3.8, 4) is 0 Å². The van der Waals surface area contributed by atoms with E-state index >= 15 is 0 Å². The number of halogens is 1. The number of piperidine rings is 1. The maximum absolute atomic E-state index is 13.0. The first-order valence-corrected chi connectivity index (χ1v) is 9.62. The Morgan fingerprint density at radius 1 is 1.36 bits per heavy atom. The molecule has 1 heterocycles. The minimum Gasteiger partial charge on any atom is -0.307 e. The van der Waals surface area contributed by atoms with E-state index in [2.05, 4.69) is 19.2 Å². The van der Waals surface area contributed by atoms with Gasteiger partial charge >= 0.3 is 0 Å². The van der Waals surface area contributed by atoms with Crippen molar-refractivity contribution in [3.63, 3.8) is 0 Å². The Hall–Kier alpha value is -0.980. The van der Waals surface area contributed by atoms with E-state index in [0.29, 0.717) is 13.1 Å². The molecule has 22 heavy (non-hydrogen) atoms. The van der Waals surface area contributed by atoms with Crippen molar-refractivity contribution < 1.29 is 12.8 Å². The van der Waals surface area contributed by atoms with Crippen molar-refractivity contribution in [3.05, 3.63) is 35.6 Å². The Kier molecular flexibility index (Phi) is 5.58. The normalized spacial score (nSPS) is 25.1. The highest BCUT2D eigenvalue weighted by Crippen LogP contribution is 2.24. The zero-order valence-electron chi connectivity index (χ0n) is 13.4. The molecule has 1 fully saturated rings. The minimum atomic E-state index is -3.11. The van der Waals surface area contributed by atoms with Crippen LogP contribution in [0.25, 0.3) is 0 Å². The highest BCUT2D eigenvalue weighted by atomic mass is 32.2. The Morgan fingerprint density at radius 2 is 2.00 bits per heavy atom. The van der Waals surface area contributed by atoms with Crippen molar-refractivity contribution in [2.75, 3.05) is 19.3 Å². The quantitative estimate of drug-likeness (QED) is 0.904. The lowest BCUT2D eigenvalue weighted by atomic mass is 9.93. The van der Waals surface area contributed by atoms with Crippen LogP contribution in [0.4, 0.5) is 4.39 Å². The van der Waals surface area contributed by atoms with Crippen LogP contribution in [0.3, 0.4) is 0 Å². The number of benzene rings is 1. The molecule has 4 nitrogen and oxygen atoms in total. The molecule has 0 bridgehead atoms. The van der Waals surface area contributed by atoms with E-state index in [9.17, 15) is 12.8 Å². The molecule has 0 amide bonds. The molecular weight excluding hydrogens is 303 g/mol. The molecule has 1 aliphatic rings.